The van der Waals surface area contributed by atoms with Crippen LogP contribution in [0.15, 0.2) is 0 Å². The van der Waals surface area contributed by atoms with Gasteiger partial charge in [0.1, 0.15) is 0 Å². The van der Waals surface area contributed by atoms with Crippen LogP contribution in [0.2, 0.25) is 0 Å². The summed E-state index contributed by atoms with van der Waals surface area (Å²) in [5.41, 5.74) is 1.52. The first-order chi connectivity index (χ1) is 4.66. The Morgan fingerprint density at radius 2 is 1.90 bits per heavy atom. The molecule has 0 aromatic rings. The monoisotopic (exact) mass is 139 g/mol. The van der Waals surface area contributed by atoms with Crippen molar-refractivity contribution in [2.24, 2.45) is 5.41 Å². The number of hydrogen-bond donors (Lipinski definition) is 1. The smallest absolute Gasteiger partial charge is 0.00895 e. The lowest BCUT2D eigenvalue weighted by atomic mass is 9.73. The molecule has 1 fully saturated rings. The molecule has 0 bridgehead atoms. The topological polar surface area (TPSA) is 23.9 Å². The minimum atomic E-state index is 0.560. The minimum Gasteiger partial charge on any atom is -0.310 e. The molecular formula is C9H17N. The zero-order valence-corrected chi connectivity index (χ0v) is 7.04. The molecule has 10 heavy (non-hydrogen) atoms. The molecule has 0 radical (unpaired) electrons. The summed E-state index contributed by atoms with van der Waals surface area (Å²) < 4.78 is 0. The Labute approximate surface area is 63.3 Å². The van der Waals surface area contributed by atoms with Gasteiger partial charge in [-0.05, 0) is 31.1 Å². The van der Waals surface area contributed by atoms with E-state index in [-0.39, 0.29) is 0 Å². The van der Waals surface area contributed by atoms with Gasteiger partial charge in [0.25, 0.3) is 0 Å². The number of hydrogen-bond acceptors (Lipinski definition) is 1. The highest BCUT2D eigenvalue weighted by Crippen LogP contribution is 2.36. The highest BCUT2D eigenvalue weighted by atomic mass is 14.4. The second kappa shape index (κ2) is 2.73. The van der Waals surface area contributed by atoms with Crippen LogP contribution in [0.1, 0.15) is 46.0 Å². The van der Waals surface area contributed by atoms with Crippen LogP contribution in [-0.2, 0) is 0 Å². The van der Waals surface area contributed by atoms with Gasteiger partial charge in [-0.2, -0.15) is 0 Å². The lowest BCUT2D eigenvalue weighted by Crippen LogP contribution is -2.23. The Hall–Kier alpha value is -0.330. The third kappa shape index (κ3) is 1.59. The van der Waals surface area contributed by atoms with Gasteiger partial charge in [-0.1, -0.05) is 20.3 Å². The first-order valence-corrected chi connectivity index (χ1v) is 4.22. The average Bonchev–Trinajstić information content (AvgIpc) is 1.96. The molecule has 58 valence electrons. The van der Waals surface area contributed by atoms with Crippen LogP contribution in [0.25, 0.3) is 0 Å². The Balaban J connectivity index is 2.46. The van der Waals surface area contributed by atoms with E-state index in [0.717, 1.165) is 18.6 Å². The predicted molar refractivity (Wildman–Crippen MR) is 44.6 cm³/mol. The molecule has 1 aliphatic rings. The third-order valence-corrected chi connectivity index (χ3v) is 2.91. The summed E-state index contributed by atoms with van der Waals surface area (Å²) in [5, 5.41) is 7.44. The van der Waals surface area contributed by atoms with Crippen LogP contribution in [0.5, 0.6) is 0 Å². The van der Waals surface area contributed by atoms with E-state index in [1.807, 2.05) is 0 Å². The highest BCUT2D eigenvalue weighted by molar-refractivity contribution is 5.82. The van der Waals surface area contributed by atoms with Gasteiger partial charge >= 0.3 is 0 Å². The van der Waals surface area contributed by atoms with Crippen LogP contribution in [-0.4, -0.2) is 5.71 Å². The van der Waals surface area contributed by atoms with Crippen molar-refractivity contribution in [1.82, 2.24) is 0 Å². The maximum Gasteiger partial charge on any atom is 0.00895 e. The lowest BCUT2D eigenvalue weighted by Gasteiger charge is -2.32. The fourth-order valence-corrected chi connectivity index (χ4v) is 1.51. The summed E-state index contributed by atoms with van der Waals surface area (Å²) in [6.07, 6.45) is 5.85. The molecule has 1 N–H and O–H groups in total. The van der Waals surface area contributed by atoms with Crippen LogP contribution in [0.4, 0.5) is 0 Å². The highest BCUT2D eigenvalue weighted by Gasteiger charge is 2.26. The minimum absolute atomic E-state index is 0.560. The molecule has 1 saturated carbocycles. The number of rotatable bonds is 1. The Bertz CT molecular complexity index is 128. The summed E-state index contributed by atoms with van der Waals surface area (Å²) in [4.78, 5) is 0. The van der Waals surface area contributed by atoms with Crippen molar-refractivity contribution in [2.45, 2.75) is 46.0 Å². The zero-order valence-electron chi connectivity index (χ0n) is 7.04. The summed E-state index contributed by atoms with van der Waals surface area (Å²) in [6.45, 7) is 4.61. The van der Waals surface area contributed by atoms with Gasteiger partial charge in [0.15, 0.2) is 0 Å². The molecular weight excluding hydrogens is 122 g/mol. The van der Waals surface area contributed by atoms with Crippen molar-refractivity contribution in [3.05, 3.63) is 0 Å². The van der Waals surface area contributed by atoms with Gasteiger partial charge in [0.05, 0.1) is 0 Å². The van der Waals surface area contributed by atoms with Crippen molar-refractivity contribution in [3.8, 4) is 0 Å². The molecule has 0 amide bonds. The van der Waals surface area contributed by atoms with E-state index in [0.29, 0.717) is 5.41 Å². The van der Waals surface area contributed by atoms with E-state index in [1.165, 1.54) is 19.3 Å². The van der Waals surface area contributed by atoms with Gasteiger partial charge in [-0.15, -0.1) is 0 Å². The van der Waals surface area contributed by atoms with Crippen molar-refractivity contribution in [3.63, 3.8) is 0 Å². The molecule has 0 spiro atoms. The molecule has 1 rings (SSSR count). The van der Waals surface area contributed by atoms with Gasteiger partial charge < -0.3 is 5.41 Å². The second-order valence-electron chi connectivity index (χ2n) is 3.77. The Kier molecular flexibility index (Phi) is 2.12. The van der Waals surface area contributed by atoms with Crippen LogP contribution in [0.3, 0.4) is 0 Å². The third-order valence-electron chi connectivity index (χ3n) is 2.91. The molecule has 0 saturated heterocycles. The second-order valence-corrected chi connectivity index (χ2v) is 3.77. The molecule has 0 aromatic heterocycles. The van der Waals surface area contributed by atoms with Crippen LogP contribution in [0, 0.1) is 10.8 Å². The maximum atomic E-state index is 7.44. The molecule has 1 aliphatic carbocycles. The summed E-state index contributed by atoms with van der Waals surface area (Å²) >= 11 is 0. The largest absolute Gasteiger partial charge is 0.310 e. The van der Waals surface area contributed by atoms with Crippen molar-refractivity contribution >= 4 is 5.71 Å². The molecule has 0 aromatic carbocycles. The Morgan fingerprint density at radius 1 is 1.40 bits per heavy atom. The molecule has 1 nitrogen and oxygen atoms in total. The lowest BCUT2D eigenvalue weighted by molar-refractivity contribution is 0.255. The van der Waals surface area contributed by atoms with Crippen LogP contribution < -0.4 is 0 Å². The van der Waals surface area contributed by atoms with Crippen LogP contribution >= 0.6 is 0 Å². The van der Waals surface area contributed by atoms with Crippen molar-refractivity contribution in [2.75, 3.05) is 0 Å². The van der Waals surface area contributed by atoms with E-state index in [9.17, 15) is 0 Å². The fourth-order valence-electron chi connectivity index (χ4n) is 1.51. The SMILES string of the molecule is CCC1(C)CCC(=N)CC1. The molecule has 0 unspecified atom stereocenters. The average molecular weight is 139 g/mol. The molecule has 1 heteroatoms. The van der Waals surface area contributed by atoms with Crippen molar-refractivity contribution in [1.29, 1.82) is 5.41 Å². The fraction of sp³-hybridized carbons (Fsp3) is 0.889. The predicted octanol–water partition coefficient (Wildman–Crippen LogP) is 3.00. The molecule has 0 atom stereocenters. The van der Waals surface area contributed by atoms with E-state index >= 15 is 0 Å². The van der Waals surface area contributed by atoms with Gasteiger partial charge in [-0.25, -0.2) is 0 Å². The molecule has 0 aliphatic heterocycles. The normalized spacial score (nSPS) is 34.4. The van der Waals surface area contributed by atoms with Gasteiger partial charge in [-0.3, -0.25) is 0 Å². The van der Waals surface area contributed by atoms with E-state index in [4.69, 9.17) is 5.41 Å². The van der Waals surface area contributed by atoms with E-state index < -0.39 is 0 Å². The van der Waals surface area contributed by atoms with E-state index in [1.54, 1.807) is 0 Å². The zero-order chi connectivity index (χ0) is 7.61. The van der Waals surface area contributed by atoms with E-state index in [2.05, 4.69) is 13.8 Å². The van der Waals surface area contributed by atoms with Gasteiger partial charge in [0, 0.05) is 5.71 Å². The quantitative estimate of drug-likeness (QED) is 0.577. The van der Waals surface area contributed by atoms with Crippen molar-refractivity contribution < 1.29 is 0 Å². The summed E-state index contributed by atoms with van der Waals surface area (Å²) in [6, 6.07) is 0. The standard InChI is InChI=1S/C9H17N/c1-3-9(2)6-4-8(10)5-7-9/h10H,3-7H2,1-2H3. The maximum absolute atomic E-state index is 7.44. The summed E-state index contributed by atoms with van der Waals surface area (Å²) in [5.74, 6) is 0. The first-order valence-electron chi connectivity index (χ1n) is 4.22. The first kappa shape index (κ1) is 7.77. The Morgan fingerprint density at radius 3 is 2.30 bits per heavy atom. The summed E-state index contributed by atoms with van der Waals surface area (Å²) in [7, 11) is 0. The number of nitrogens with one attached hydrogen (secondary N) is 1. The molecule has 0 heterocycles. The van der Waals surface area contributed by atoms with Gasteiger partial charge in [0.2, 0.25) is 0 Å².